The lowest BCUT2D eigenvalue weighted by Gasteiger charge is -2.24. The summed E-state index contributed by atoms with van der Waals surface area (Å²) in [6.45, 7) is 1.15. The summed E-state index contributed by atoms with van der Waals surface area (Å²) >= 11 is 0. The molecule has 2 aliphatic heterocycles. The minimum absolute atomic E-state index is 0.0136. The monoisotopic (exact) mass is 169 g/mol. The highest BCUT2D eigenvalue weighted by molar-refractivity contribution is 5.71. The summed E-state index contributed by atoms with van der Waals surface area (Å²) in [6.07, 6.45) is 4.16. The first-order valence-electron chi connectivity index (χ1n) is 4.67. The molecule has 0 saturated carbocycles. The Morgan fingerprint density at radius 1 is 1.50 bits per heavy atom. The molecule has 2 saturated heterocycles. The van der Waals surface area contributed by atoms with Gasteiger partial charge < -0.3 is 4.74 Å². The van der Waals surface area contributed by atoms with E-state index in [-0.39, 0.29) is 12.1 Å². The summed E-state index contributed by atoms with van der Waals surface area (Å²) in [4.78, 5) is 13.2. The fourth-order valence-electron chi connectivity index (χ4n) is 2.22. The van der Waals surface area contributed by atoms with E-state index in [2.05, 4.69) is 11.9 Å². The van der Waals surface area contributed by atoms with Crippen LogP contribution in [0.1, 0.15) is 25.7 Å². The van der Waals surface area contributed by atoms with Gasteiger partial charge in [0.2, 0.25) is 0 Å². The fraction of sp³-hybridized carbons (Fsp3) is 0.889. The number of hydrogen-bond acceptors (Lipinski definition) is 3. The number of rotatable bonds is 1. The van der Waals surface area contributed by atoms with Crippen LogP contribution in [0, 0.1) is 0 Å². The molecule has 2 rings (SSSR count). The zero-order chi connectivity index (χ0) is 8.55. The second kappa shape index (κ2) is 3.05. The second-order valence-corrected chi connectivity index (χ2v) is 3.76. The molecule has 0 radical (unpaired) electrons. The van der Waals surface area contributed by atoms with Gasteiger partial charge in [-0.2, -0.15) is 0 Å². The third-order valence-electron chi connectivity index (χ3n) is 2.92. The maximum Gasteiger partial charge on any atom is 0.306 e. The first-order valence-corrected chi connectivity index (χ1v) is 4.67. The maximum atomic E-state index is 10.9. The minimum atomic E-state index is -0.0136. The Balaban J connectivity index is 1.95. The summed E-state index contributed by atoms with van der Waals surface area (Å²) in [5.74, 6) is -0.0136. The van der Waals surface area contributed by atoms with Crippen molar-refractivity contribution < 1.29 is 9.53 Å². The predicted octanol–water partition coefficient (Wildman–Crippen LogP) is 0.786. The zero-order valence-corrected chi connectivity index (χ0v) is 7.45. The molecule has 2 fully saturated rings. The van der Waals surface area contributed by atoms with Crippen LogP contribution in [0.15, 0.2) is 0 Å². The van der Waals surface area contributed by atoms with Gasteiger partial charge in [-0.1, -0.05) is 0 Å². The maximum absolute atomic E-state index is 10.9. The molecular formula is C9H15NO2. The molecule has 68 valence electrons. The van der Waals surface area contributed by atoms with Crippen LogP contribution >= 0.6 is 0 Å². The molecule has 2 unspecified atom stereocenters. The Morgan fingerprint density at radius 3 is 2.83 bits per heavy atom. The van der Waals surface area contributed by atoms with Gasteiger partial charge in [-0.15, -0.1) is 0 Å². The quantitative estimate of drug-likeness (QED) is 0.543. The van der Waals surface area contributed by atoms with E-state index in [1.807, 2.05) is 0 Å². The molecule has 0 aromatic rings. The molecule has 0 aromatic carbocycles. The summed E-state index contributed by atoms with van der Waals surface area (Å²) < 4.78 is 5.24. The van der Waals surface area contributed by atoms with E-state index < -0.39 is 0 Å². The predicted molar refractivity (Wildman–Crippen MR) is 44.8 cm³/mol. The number of carbonyl (C=O) groups is 1. The van der Waals surface area contributed by atoms with Crippen molar-refractivity contribution in [3.63, 3.8) is 0 Å². The topological polar surface area (TPSA) is 29.5 Å². The summed E-state index contributed by atoms with van der Waals surface area (Å²) in [6, 6.07) is 0.497. The summed E-state index contributed by atoms with van der Waals surface area (Å²) in [7, 11) is 2.11. The van der Waals surface area contributed by atoms with Gasteiger partial charge >= 0.3 is 5.97 Å². The van der Waals surface area contributed by atoms with Gasteiger partial charge in [0.1, 0.15) is 6.10 Å². The van der Waals surface area contributed by atoms with Crippen LogP contribution < -0.4 is 0 Å². The van der Waals surface area contributed by atoms with Gasteiger partial charge in [0, 0.05) is 12.5 Å². The highest BCUT2D eigenvalue weighted by Gasteiger charge is 2.35. The van der Waals surface area contributed by atoms with Crippen LogP contribution in [0.5, 0.6) is 0 Å². The van der Waals surface area contributed by atoms with Crippen molar-refractivity contribution in [2.75, 3.05) is 13.6 Å². The van der Waals surface area contributed by atoms with Crippen LogP contribution in [-0.2, 0) is 9.53 Å². The molecule has 0 amide bonds. The Hall–Kier alpha value is -0.570. The average Bonchev–Trinajstić information content (AvgIpc) is 2.58. The highest BCUT2D eigenvalue weighted by atomic mass is 16.6. The fourth-order valence-corrected chi connectivity index (χ4v) is 2.22. The largest absolute Gasteiger partial charge is 0.461 e. The van der Waals surface area contributed by atoms with E-state index in [1.165, 1.54) is 12.8 Å². The third-order valence-corrected chi connectivity index (χ3v) is 2.92. The van der Waals surface area contributed by atoms with Gasteiger partial charge in [0.05, 0.1) is 0 Å². The van der Waals surface area contributed by atoms with Crippen molar-refractivity contribution in [2.45, 2.75) is 37.8 Å². The van der Waals surface area contributed by atoms with E-state index in [9.17, 15) is 4.79 Å². The minimum Gasteiger partial charge on any atom is -0.461 e. The lowest BCUT2D eigenvalue weighted by atomic mass is 10.1. The molecule has 0 spiro atoms. The molecule has 2 atom stereocenters. The first-order chi connectivity index (χ1) is 5.77. The van der Waals surface area contributed by atoms with Crippen LogP contribution in [0.3, 0.4) is 0 Å². The SMILES string of the molecule is CN1CCCC1C1CCC(=O)O1. The van der Waals surface area contributed by atoms with Gasteiger partial charge in [0.15, 0.2) is 0 Å². The first kappa shape index (κ1) is 8.05. The van der Waals surface area contributed by atoms with Crippen molar-refractivity contribution >= 4 is 5.97 Å². The number of likely N-dealkylation sites (tertiary alicyclic amines) is 1. The van der Waals surface area contributed by atoms with Gasteiger partial charge in [-0.05, 0) is 32.9 Å². The number of esters is 1. The molecule has 2 aliphatic rings. The molecule has 12 heavy (non-hydrogen) atoms. The van der Waals surface area contributed by atoms with Crippen LogP contribution in [0.2, 0.25) is 0 Å². The van der Waals surface area contributed by atoms with E-state index in [1.54, 1.807) is 0 Å². The zero-order valence-electron chi connectivity index (χ0n) is 7.45. The van der Waals surface area contributed by atoms with Crippen LogP contribution in [-0.4, -0.2) is 36.6 Å². The normalized spacial score (nSPS) is 37.2. The Bertz CT molecular complexity index is 193. The highest BCUT2D eigenvalue weighted by Crippen LogP contribution is 2.26. The molecule has 3 heteroatoms. The van der Waals surface area contributed by atoms with E-state index >= 15 is 0 Å². The Labute approximate surface area is 72.7 Å². The number of nitrogens with zero attached hydrogens (tertiary/aromatic N) is 1. The van der Waals surface area contributed by atoms with Gasteiger partial charge in [-0.3, -0.25) is 9.69 Å². The molecule has 0 aromatic heterocycles. The van der Waals surface area contributed by atoms with E-state index in [0.29, 0.717) is 12.5 Å². The van der Waals surface area contributed by atoms with Crippen LogP contribution in [0.4, 0.5) is 0 Å². The molecule has 0 N–H and O–H groups in total. The number of cyclic esters (lactones) is 1. The van der Waals surface area contributed by atoms with Crippen molar-refractivity contribution in [3.8, 4) is 0 Å². The smallest absolute Gasteiger partial charge is 0.306 e. The number of hydrogen-bond donors (Lipinski definition) is 0. The van der Waals surface area contributed by atoms with E-state index in [0.717, 1.165) is 13.0 Å². The molecule has 0 bridgehead atoms. The average molecular weight is 169 g/mol. The molecular weight excluding hydrogens is 154 g/mol. The molecule has 3 nitrogen and oxygen atoms in total. The van der Waals surface area contributed by atoms with Crippen LogP contribution in [0.25, 0.3) is 0 Å². The second-order valence-electron chi connectivity index (χ2n) is 3.76. The van der Waals surface area contributed by atoms with Crippen molar-refractivity contribution in [1.82, 2.24) is 4.90 Å². The Kier molecular flexibility index (Phi) is 2.05. The lowest BCUT2D eigenvalue weighted by Crippen LogP contribution is -2.36. The van der Waals surface area contributed by atoms with Gasteiger partial charge in [-0.25, -0.2) is 0 Å². The third kappa shape index (κ3) is 1.33. The summed E-state index contributed by atoms with van der Waals surface area (Å²) in [5.41, 5.74) is 0. The molecule has 0 aliphatic carbocycles. The lowest BCUT2D eigenvalue weighted by molar-refractivity contribution is -0.143. The number of ether oxygens (including phenoxy) is 1. The van der Waals surface area contributed by atoms with Crippen molar-refractivity contribution in [1.29, 1.82) is 0 Å². The van der Waals surface area contributed by atoms with Crippen molar-refractivity contribution in [2.24, 2.45) is 0 Å². The molecule has 2 heterocycles. The van der Waals surface area contributed by atoms with E-state index in [4.69, 9.17) is 4.74 Å². The Morgan fingerprint density at radius 2 is 2.33 bits per heavy atom. The number of carbonyl (C=O) groups excluding carboxylic acids is 1. The van der Waals surface area contributed by atoms with Gasteiger partial charge in [0.25, 0.3) is 0 Å². The standard InChI is InChI=1S/C9H15NO2/c1-10-6-2-3-7(10)8-4-5-9(11)12-8/h7-8H,2-6H2,1H3. The number of likely N-dealkylation sites (N-methyl/N-ethyl adjacent to an activating group) is 1. The summed E-state index contributed by atoms with van der Waals surface area (Å²) in [5, 5.41) is 0. The van der Waals surface area contributed by atoms with Crippen molar-refractivity contribution in [3.05, 3.63) is 0 Å².